The number of halogens is 1. The molecule has 2 rings (SSSR count). The largest absolute Gasteiger partial charge is 0.494 e. The Morgan fingerprint density at radius 2 is 1.91 bits per heavy atom. The quantitative estimate of drug-likeness (QED) is 0.841. The van der Waals surface area contributed by atoms with Crippen molar-refractivity contribution in [1.29, 1.82) is 0 Å². The van der Waals surface area contributed by atoms with Crippen LogP contribution in [0.5, 0.6) is 5.75 Å². The molecule has 1 atom stereocenters. The van der Waals surface area contributed by atoms with Gasteiger partial charge in [0, 0.05) is 10.0 Å². The van der Waals surface area contributed by atoms with Gasteiger partial charge in [0.25, 0.3) is 5.91 Å². The zero-order valence-corrected chi connectivity index (χ0v) is 14.6. The van der Waals surface area contributed by atoms with Crippen molar-refractivity contribution in [1.82, 2.24) is 5.32 Å². The summed E-state index contributed by atoms with van der Waals surface area (Å²) >= 11 is 3.41. The Bertz CT molecular complexity index is 653. The minimum Gasteiger partial charge on any atom is -0.494 e. The molecule has 0 spiro atoms. The van der Waals surface area contributed by atoms with Crippen LogP contribution in [0, 0.1) is 6.92 Å². The monoisotopic (exact) mass is 361 g/mol. The maximum absolute atomic E-state index is 12.4. The van der Waals surface area contributed by atoms with Crippen LogP contribution in [0.15, 0.2) is 46.9 Å². The molecule has 1 unspecified atom stereocenters. The van der Waals surface area contributed by atoms with Gasteiger partial charge in [-0.1, -0.05) is 28.1 Å². The van der Waals surface area contributed by atoms with E-state index < -0.39 is 0 Å². The second kappa shape index (κ2) is 7.45. The Balaban J connectivity index is 2.08. The van der Waals surface area contributed by atoms with Crippen molar-refractivity contribution >= 4 is 21.8 Å². The third-order valence-corrected chi connectivity index (χ3v) is 3.98. The summed E-state index contributed by atoms with van der Waals surface area (Å²) in [6.45, 7) is 6.48. The first-order valence-corrected chi connectivity index (χ1v) is 8.10. The average Bonchev–Trinajstić information content (AvgIpc) is 2.50. The zero-order valence-electron chi connectivity index (χ0n) is 13.0. The van der Waals surface area contributed by atoms with Crippen molar-refractivity contribution in [2.45, 2.75) is 26.8 Å². The Morgan fingerprint density at radius 1 is 1.23 bits per heavy atom. The Kier molecular flexibility index (Phi) is 5.61. The van der Waals surface area contributed by atoms with Gasteiger partial charge < -0.3 is 10.1 Å². The highest BCUT2D eigenvalue weighted by Crippen LogP contribution is 2.20. The van der Waals surface area contributed by atoms with Crippen molar-refractivity contribution < 1.29 is 9.53 Å². The lowest BCUT2D eigenvalue weighted by molar-refractivity contribution is 0.0940. The highest BCUT2D eigenvalue weighted by atomic mass is 79.9. The van der Waals surface area contributed by atoms with E-state index in [4.69, 9.17) is 4.74 Å². The molecule has 0 heterocycles. The third-order valence-electron chi connectivity index (χ3n) is 3.45. The summed E-state index contributed by atoms with van der Waals surface area (Å²) in [5.41, 5.74) is 2.68. The molecular weight excluding hydrogens is 342 g/mol. The van der Waals surface area contributed by atoms with Gasteiger partial charge in [-0.3, -0.25) is 4.79 Å². The number of nitrogens with one attached hydrogen (secondary N) is 1. The molecule has 116 valence electrons. The minimum atomic E-state index is -0.0819. The van der Waals surface area contributed by atoms with E-state index in [1.165, 1.54) is 0 Å². The predicted molar refractivity (Wildman–Crippen MR) is 92.4 cm³/mol. The lowest BCUT2D eigenvalue weighted by Crippen LogP contribution is -2.26. The van der Waals surface area contributed by atoms with E-state index in [1.807, 2.05) is 57.2 Å². The topological polar surface area (TPSA) is 38.3 Å². The van der Waals surface area contributed by atoms with Crippen molar-refractivity contribution in [3.63, 3.8) is 0 Å². The molecule has 0 aliphatic carbocycles. The van der Waals surface area contributed by atoms with E-state index in [2.05, 4.69) is 21.2 Å². The molecule has 4 heteroatoms. The van der Waals surface area contributed by atoms with Gasteiger partial charge in [0.05, 0.1) is 12.6 Å². The molecule has 0 saturated heterocycles. The standard InChI is InChI=1S/C18H20BrNO2/c1-4-22-17-10-7-15(11-12(17)2)18(21)20-13(3)14-5-8-16(19)9-6-14/h5-11,13H,4H2,1-3H3,(H,20,21). The lowest BCUT2D eigenvalue weighted by atomic mass is 10.1. The molecule has 0 fully saturated rings. The van der Waals surface area contributed by atoms with Crippen LogP contribution in [0.3, 0.4) is 0 Å². The highest BCUT2D eigenvalue weighted by molar-refractivity contribution is 9.10. The second-order valence-electron chi connectivity index (χ2n) is 5.16. The van der Waals surface area contributed by atoms with Crippen LogP contribution >= 0.6 is 15.9 Å². The molecule has 0 saturated carbocycles. The highest BCUT2D eigenvalue weighted by Gasteiger charge is 2.12. The van der Waals surface area contributed by atoms with Gasteiger partial charge in [0.15, 0.2) is 0 Å². The number of aryl methyl sites for hydroxylation is 1. The van der Waals surface area contributed by atoms with Crippen molar-refractivity contribution in [3.8, 4) is 5.75 Å². The van der Waals surface area contributed by atoms with E-state index >= 15 is 0 Å². The maximum atomic E-state index is 12.4. The molecule has 3 nitrogen and oxygen atoms in total. The zero-order chi connectivity index (χ0) is 16.1. The van der Waals surface area contributed by atoms with Gasteiger partial charge in [-0.15, -0.1) is 0 Å². The van der Waals surface area contributed by atoms with Gasteiger partial charge in [0.2, 0.25) is 0 Å². The number of ether oxygens (including phenoxy) is 1. The molecule has 22 heavy (non-hydrogen) atoms. The van der Waals surface area contributed by atoms with Crippen molar-refractivity contribution in [2.75, 3.05) is 6.61 Å². The summed E-state index contributed by atoms with van der Waals surface area (Å²) in [6, 6.07) is 13.4. The van der Waals surface area contributed by atoms with Crippen LogP contribution in [-0.4, -0.2) is 12.5 Å². The number of amides is 1. The molecule has 2 aromatic carbocycles. The first-order chi connectivity index (χ1) is 10.5. The predicted octanol–water partition coefficient (Wildman–Crippen LogP) is 4.65. The molecule has 0 radical (unpaired) electrons. The number of carbonyl (C=O) groups is 1. The van der Waals surface area contributed by atoms with Crippen LogP contribution < -0.4 is 10.1 Å². The first-order valence-electron chi connectivity index (χ1n) is 7.31. The van der Waals surface area contributed by atoms with Crippen molar-refractivity contribution in [3.05, 3.63) is 63.6 Å². The lowest BCUT2D eigenvalue weighted by Gasteiger charge is -2.15. The molecule has 1 N–H and O–H groups in total. The summed E-state index contributed by atoms with van der Waals surface area (Å²) < 4.78 is 6.52. The summed E-state index contributed by atoms with van der Waals surface area (Å²) in [6.07, 6.45) is 0. The fourth-order valence-electron chi connectivity index (χ4n) is 2.22. The molecule has 1 amide bonds. The average molecular weight is 362 g/mol. The Morgan fingerprint density at radius 3 is 2.50 bits per heavy atom. The van der Waals surface area contributed by atoms with E-state index in [0.717, 1.165) is 21.3 Å². The van der Waals surface area contributed by atoms with E-state index in [9.17, 15) is 4.79 Å². The summed E-state index contributed by atoms with van der Waals surface area (Å²) in [4.78, 5) is 12.4. The Hall–Kier alpha value is -1.81. The van der Waals surface area contributed by atoms with Crippen LogP contribution in [0.1, 0.15) is 41.4 Å². The SMILES string of the molecule is CCOc1ccc(C(=O)NC(C)c2ccc(Br)cc2)cc1C. The first kappa shape index (κ1) is 16.6. The van der Waals surface area contributed by atoms with Crippen LogP contribution in [-0.2, 0) is 0 Å². The van der Waals surface area contributed by atoms with Crippen LogP contribution in [0.2, 0.25) is 0 Å². The minimum absolute atomic E-state index is 0.0486. The molecule has 0 aromatic heterocycles. The summed E-state index contributed by atoms with van der Waals surface area (Å²) in [5.74, 6) is 0.738. The maximum Gasteiger partial charge on any atom is 0.251 e. The number of hydrogen-bond donors (Lipinski definition) is 1. The Labute approximate surface area is 139 Å². The number of rotatable bonds is 5. The van der Waals surface area contributed by atoms with Gasteiger partial charge in [-0.25, -0.2) is 0 Å². The smallest absolute Gasteiger partial charge is 0.251 e. The fraction of sp³-hybridized carbons (Fsp3) is 0.278. The summed E-state index contributed by atoms with van der Waals surface area (Å²) in [7, 11) is 0. The van der Waals surface area contributed by atoms with Gasteiger partial charge in [0.1, 0.15) is 5.75 Å². The van der Waals surface area contributed by atoms with Crippen LogP contribution in [0.25, 0.3) is 0 Å². The fourth-order valence-corrected chi connectivity index (χ4v) is 2.49. The molecule has 2 aromatic rings. The van der Waals surface area contributed by atoms with E-state index in [-0.39, 0.29) is 11.9 Å². The molecular formula is C18H20BrNO2. The number of carbonyl (C=O) groups excluding carboxylic acids is 1. The molecule has 0 aliphatic rings. The van der Waals surface area contributed by atoms with Gasteiger partial charge >= 0.3 is 0 Å². The van der Waals surface area contributed by atoms with E-state index in [1.54, 1.807) is 6.07 Å². The normalized spacial score (nSPS) is 11.8. The number of benzene rings is 2. The van der Waals surface area contributed by atoms with Gasteiger partial charge in [-0.05, 0) is 62.2 Å². The third kappa shape index (κ3) is 4.10. The summed E-state index contributed by atoms with van der Waals surface area (Å²) in [5, 5.41) is 3.02. The molecule has 0 aliphatic heterocycles. The van der Waals surface area contributed by atoms with Crippen LogP contribution in [0.4, 0.5) is 0 Å². The molecule has 0 bridgehead atoms. The second-order valence-corrected chi connectivity index (χ2v) is 6.08. The van der Waals surface area contributed by atoms with Crippen molar-refractivity contribution in [2.24, 2.45) is 0 Å². The van der Waals surface area contributed by atoms with E-state index in [0.29, 0.717) is 12.2 Å². The van der Waals surface area contributed by atoms with Gasteiger partial charge in [-0.2, -0.15) is 0 Å². The number of hydrogen-bond acceptors (Lipinski definition) is 2.